The molecule has 2 heteroatoms. The summed E-state index contributed by atoms with van der Waals surface area (Å²) in [6, 6.07) is 39.6. The summed E-state index contributed by atoms with van der Waals surface area (Å²) in [5.41, 5.74) is 15.1. The zero-order chi connectivity index (χ0) is 33.6. The van der Waals surface area contributed by atoms with Gasteiger partial charge in [0, 0.05) is 33.6 Å². The second-order valence-corrected chi connectivity index (χ2v) is 18.0. The fourth-order valence-corrected chi connectivity index (χ4v) is 12.4. The van der Waals surface area contributed by atoms with Crippen LogP contribution in [0.2, 0.25) is 0 Å². The quantitative estimate of drug-likeness (QED) is 0.189. The molecule has 12 rings (SSSR count). The number of para-hydroxylation sites is 1. The SMILES string of the molecule is CC1(C)CCC(C)(C)c2c(N(c3ccc4c(c3)C3(c5ccccc5-4)C4CC5CC(C4)CC3C5)c3ccc4c(c3)oc3ccccc34)cccc21. The molecule has 0 atom stereocenters. The van der Waals surface area contributed by atoms with E-state index in [9.17, 15) is 0 Å². The largest absolute Gasteiger partial charge is 0.456 e. The van der Waals surface area contributed by atoms with Gasteiger partial charge in [-0.25, -0.2) is 0 Å². The predicted molar refractivity (Wildman–Crippen MR) is 207 cm³/mol. The first-order valence-corrected chi connectivity index (χ1v) is 19.3. The lowest BCUT2D eigenvalue weighted by molar-refractivity contribution is -0.0399. The van der Waals surface area contributed by atoms with Gasteiger partial charge in [-0.15, -0.1) is 0 Å². The maximum Gasteiger partial charge on any atom is 0.137 e. The van der Waals surface area contributed by atoms with E-state index in [0.29, 0.717) is 0 Å². The lowest BCUT2D eigenvalue weighted by atomic mass is 9.43. The Kier molecular flexibility index (Phi) is 5.85. The van der Waals surface area contributed by atoms with Crippen molar-refractivity contribution in [3.05, 3.63) is 125 Å². The minimum absolute atomic E-state index is 0.0543. The van der Waals surface area contributed by atoms with Gasteiger partial charge >= 0.3 is 0 Å². The van der Waals surface area contributed by atoms with Gasteiger partial charge in [0.1, 0.15) is 11.2 Å². The number of furan rings is 1. The molecule has 5 aromatic carbocycles. The van der Waals surface area contributed by atoms with Crippen LogP contribution in [0, 0.1) is 23.7 Å². The Morgan fingerprint density at radius 3 is 2.00 bits per heavy atom. The van der Waals surface area contributed by atoms with Crippen molar-refractivity contribution in [3.63, 3.8) is 0 Å². The van der Waals surface area contributed by atoms with Crippen LogP contribution in [0.4, 0.5) is 17.1 Å². The normalized spacial score (nSPS) is 27.8. The van der Waals surface area contributed by atoms with Gasteiger partial charge in [0.2, 0.25) is 0 Å². The third-order valence-corrected chi connectivity index (χ3v) is 14.5. The Morgan fingerprint density at radius 1 is 0.540 bits per heavy atom. The molecule has 6 aliphatic rings. The molecule has 0 saturated heterocycles. The lowest BCUT2D eigenvalue weighted by Gasteiger charge is -2.61. The fraction of sp³-hybridized carbons (Fsp3) is 0.375. The van der Waals surface area contributed by atoms with Crippen molar-refractivity contribution in [1.29, 1.82) is 0 Å². The predicted octanol–water partition coefficient (Wildman–Crippen LogP) is 13.1. The average Bonchev–Trinajstić information content (AvgIpc) is 3.62. The van der Waals surface area contributed by atoms with Crippen molar-refractivity contribution < 1.29 is 4.42 Å². The molecule has 0 amide bonds. The molecule has 1 spiro atoms. The Balaban J connectivity index is 1.17. The highest BCUT2D eigenvalue weighted by molar-refractivity contribution is 6.06. The molecule has 0 N–H and O–H groups in total. The highest BCUT2D eigenvalue weighted by Crippen LogP contribution is 2.69. The fourth-order valence-electron chi connectivity index (χ4n) is 12.4. The van der Waals surface area contributed by atoms with E-state index in [0.717, 1.165) is 34.8 Å². The summed E-state index contributed by atoms with van der Waals surface area (Å²) < 4.78 is 6.55. The van der Waals surface area contributed by atoms with Crippen LogP contribution >= 0.6 is 0 Å². The average molecular weight is 654 g/mol. The molecular weight excluding hydrogens is 607 g/mol. The molecule has 0 radical (unpaired) electrons. The van der Waals surface area contributed by atoms with Crippen molar-refractivity contribution in [1.82, 2.24) is 0 Å². The topological polar surface area (TPSA) is 16.4 Å². The monoisotopic (exact) mass is 653 g/mol. The van der Waals surface area contributed by atoms with Gasteiger partial charge in [0.25, 0.3) is 0 Å². The van der Waals surface area contributed by atoms with Crippen LogP contribution in [0.1, 0.15) is 94.9 Å². The van der Waals surface area contributed by atoms with Gasteiger partial charge < -0.3 is 9.32 Å². The van der Waals surface area contributed by atoms with Crippen LogP contribution in [0.3, 0.4) is 0 Å². The van der Waals surface area contributed by atoms with Gasteiger partial charge in [0.15, 0.2) is 0 Å². The van der Waals surface area contributed by atoms with Gasteiger partial charge in [-0.3, -0.25) is 0 Å². The first-order chi connectivity index (χ1) is 24.2. The summed E-state index contributed by atoms with van der Waals surface area (Å²) in [7, 11) is 0. The molecule has 4 bridgehead atoms. The smallest absolute Gasteiger partial charge is 0.137 e. The van der Waals surface area contributed by atoms with Crippen LogP contribution in [-0.2, 0) is 16.2 Å². The molecule has 6 aromatic rings. The summed E-state index contributed by atoms with van der Waals surface area (Å²) in [5.74, 6) is 3.33. The number of benzene rings is 5. The number of nitrogens with zero attached hydrogens (tertiary/aromatic N) is 1. The van der Waals surface area contributed by atoms with E-state index in [-0.39, 0.29) is 16.2 Å². The molecule has 1 aromatic heterocycles. The van der Waals surface area contributed by atoms with E-state index < -0.39 is 0 Å². The van der Waals surface area contributed by atoms with Crippen molar-refractivity contribution in [2.24, 2.45) is 23.7 Å². The zero-order valence-corrected chi connectivity index (χ0v) is 29.9. The molecule has 2 nitrogen and oxygen atoms in total. The van der Waals surface area contributed by atoms with Gasteiger partial charge in [0.05, 0.1) is 5.69 Å². The Bertz CT molecular complexity index is 2340. The number of hydrogen-bond acceptors (Lipinski definition) is 2. The molecule has 0 aliphatic heterocycles. The van der Waals surface area contributed by atoms with Crippen molar-refractivity contribution in [2.75, 3.05) is 4.90 Å². The summed E-state index contributed by atoms with van der Waals surface area (Å²) in [6.07, 6.45) is 9.43. The molecule has 4 fully saturated rings. The first-order valence-electron chi connectivity index (χ1n) is 19.3. The molecule has 50 heavy (non-hydrogen) atoms. The van der Waals surface area contributed by atoms with E-state index in [1.54, 1.807) is 11.1 Å². The van der Waals surface area contributed by atoms with E-state index in [4.69, 9.17) is 4.42 Å². The molecule has 0 unspecified atom stereocenters. The second-order valence-electron chi connectivity index (χ2n) is 18.0. The number of anilines is 3. The van der Waals surface area contributed by atoms with Crippen molar-refractivity contribution in [3.8, 4) is 11.1 Å². The van der Waals surface area contributed by atoms with Crippen molar-refractivity contribution >= 4 is 39.0 Å². The van der Waals surface area contributed by atoms with Crippen LogP contribution in [0.5, 0.6) is 0 Å². The van der Waals surface area contributed by atoms with Gasteiger partial charge in [-0.05, 0) is 149 Å². The maximum atomic E-state index is 6.55. The second kappa shape index (κ2) is 9.93. The van der Waals surface area contributed by atoms with Gasteiger partial charge in [-0.2, -0.15) is 0 Å². The van der Waals surface area contributed by atoms with Crippen LogP contribution in [0.25, 0.3) is 33.1 Å². The molecule has 6 aliphatic carbocycles. The van der Waals surface area contributed by atoms with Gasteiger partial charge in [-0.1, -0.05) is 88.4 Å². The van der Waals surface area contributed by atoms with E-state index in [2.05, 4.69) is 136 Å². The summed E-state index contributed by atoms with van der Waals surface area (Å²) in [4.78, 5) is 2.60. The van der Waals surface area contributed by atoms with E-state index in [1.807, 2.05) is 0 Å². The Labute approximate surface area is 296 Å². The minimum Gasteiger partial charge on any atom is -0.456 e. The Hall–Kier alpha value is -4.30. The Morgan fingerprint density at radius 2 is 1.18 bits per heavy atom. The lowest BCUT2D eigenvalue weighted by Crippen LogP contribution is -2.55. The number of rotatable bonds is 3. The van der Waals surface area contributed by atoms with Crippen LogP contribution in [0.15, 0.2) is 108 Å². The molecule has 4 saturated carbocycles. The van der Waals surface area contributed by atoms with E-state index in [1.165, 1.54) is 95.0 Å². The van der Waals surface area contributed by atoms with Crippen LogP contribution in [-0.4, -0.2) is 0 Å². The third-order valence-electron chi connectivity index (χ3n) is 14.5. The maximum absolute atomic E-state index is 6.55. The number of hydrogen-bond donors (Lipinski definition) is 0. The third kappa shape index (κ3) is 3.81. The highest BCUT2D eigenvalue weighted by atomic mass is 16.3. The molecule has 250 valence electrons. The number of fused-ring (bicyclic) bond motifs is 7. The van der Waals surface area contributed by atoms with E-state index >= 15 is 0 Å². The summed E-state index contributed by atoms with van der Waals surface area (Å²) in [6.45, 7) is 9.82. The molecule has 1 heterocycles. The summed E-state index contributed by atoms with van der Waals surface area (Å²) in [5, 5.41) is 2.36. The zero-order valence-electron chi connectivity index (χ0n) is 29.9. The minimum atomic E-state index is 0.0543. The summed E-state index contributed by atoms with van der Waals surface area (Å²) >= 11 is 0. The van der Waals surface area contributed by atoms with Crippen LogP contribution < -0.4 is 4.90 Å². The molecular formula is C48H47NO. The first kappa shape index (κ1) is 29.4. The standard InChI is InChI=1S/C48H47NO/c1-46(2)20-21-47(3,4)45-40(46)13-9-14-42(45)49(34-17-19-38-37-11-6-8-15-43(37)50-44(38)28-34)33-16-18-36-35-10-5-7-12-39(35)48(41(36)27-33)31-23-29-22-30(25-31)26-32(48)24-29/h5-19,27-32H,20-26H2,1-4H3. The highest BCUT2D eigenvalue weighted by Gasteiger charge is 2.61. The van der Waals surface area contributed by atoms with Crippen molar-refractivity contribution in [2.45, 2.75) is 88.9 Å².